The lowest BCUT2D eigenvalue weighted by atomic mass is 10.2. The van der Waals surface area contributed by atoms with Crippen molar-refractivity contribution in [1.82, 2.24) is 0 Å². The summed E-state index contributed by atoms with van der Waals surface area (Å²) in [5.74, 6) is 0.0821. The Kier molecular flexibility index (Phi) is 6.04. The number of carbonyl (C=O) groups is 2. The second-order valence-corrected chi connectivity index (χ2v) is 7.85. The molecule has 0 radical (unpaired) electrons. The summed E-state index contributed by atoms with van der Waals surface area (Å²) in [6.45, 7) is 1.61. The van der Waals surface area contributed by atoms with Crippen LogP contribution in [0.25, 0.3) is 11.0 Å². The summed E-state index contributed by atoms with van der Waals surface area (Å²) in [6, 6.07) is 14.5. The molecule has 4 rings (SSSR count). The predicted octanol–water partition coefficient (Wildman–Crippen LogP) is 4.89. The maximum atomic E-state index is 13.0. The van der Waals surface area contributed by atoms with Gasteiger partial charge in [-0.1, -0.05) is 6.07 Å². The number of thiophene rings is 1. The van der Waals surface area contributed by atoms with E-state index in [4.69, 9.17) is 13.9 Å². The van der Waals surface area contributed by atoms with E-state index >= 15 is 0 Å². The Hall–Kier alpha value is -3.91. The Balaban J connectivity index is 1.56. The molecule has 162 valence electrons. The fourth-order valence-electron chi connectivity index (χ4n) is 3.07. The van der Waals surface area contributed by atoms with Crippen LogP contribution in [0, 0.1) is 6.92 Å². The summed E-state index contributed by atoms with van der Waals surface area (Å²) in [7, 11) is 1.30. The molecule has 7 nitrogen and oxygen atoms in total. The highest BCUT2D eigenvalue weighted by molar-refractivity contribution is 7.10. The minimum absolute atomic E-state index is 0.0331. The van der Waals surface area contributed by atoms with Crippen molar-refractivity contribution in [3.63, 3.8) is 0 Å². The van der Waals surface area contributed by atoms with Crippen LogP contribution in [-0.2, 0) is 16.0 Å². The first-order valence-electron chi connectivity index (χ1n) is 9.61. The number of methoxy groups -OCH3 is 1. The van der Waals surface area contributed by atoms with Crippen molar-refractivity contribution in [2.24, 2.45) is 0 Å². The van der Waals surface area contributed by atoms with Gasteiger partial charge in [0.2, 0.25) is 11.2 Å². The minimum Gasteiger partial charge on any atom is -0.465 e. The molecule has 0 N–H and O–H groups in total. The van der Waals surface area contributed by atoms with Crippen molar-refractivity contribution in [2.45, 2.75) is 13.3 Å². The first kappa shape index (κ1) is 21.3. The number of ether oxygens (including phenoxy) is 3. The number of hydrogen-bond acceptors (Lipinski definition) is 8. The van der Waals surface area contributed by atoms with E-state index in [0.29, 0.717) is 11.3 Å². The molecular weight excluding hydrogens is 432 g/mol. The number of benzene rings is 2. The van der Waals surface area contributed by atoms with Crippen LogP contribution in [0.15, 0.2) is 69.2 Å². The fourth-order valence-corrected chi connectivity index (χ4v) is 3.76. The number of aryl methyl sites for hydroxylation is 1. The summed E-state index contributed by atoms with van der Waals surface area (Å²) in [5.41, 5.74) is 0.280. The lowest BCUT2D eigenvalue weighted by Gasteiger charge is -2.10. The molecule has 2 aromatic carbocycles. The molecule has 0 saturated heterocycles. The molecule has 0 unspecified atom stereocenters. The third kappa shape index (κ3) is 4.55. The molecule has 0 saturated carbocycles. The summed E-state index contributed by atoms with van der Waals surface area (Å²) in [6.07, 6.45) is 0.167. The van der Waals surface area contributed by atoms with E-state index in [2.05, 4.69) is 4.74 Å². The maximum Gasteiger partial charge on any atom is 0.337 e. The average Bonchev–Trinajstić information content (AvgIpc) is 3.29. The molecule has 0 amide bonds. The number of rotatable bonds is 6. The number of carbonyl (C=O) groups excluding carboxylic acids is 2. The van der Waals surface area contributed by atoms with Crippen molar-refractivity contribution < 1.29 is 28.2 Å². The van der Waals surface area contributed by atoms with Crippen LogP contribution in [0.1, 0.15) is 21.0 Å². The summed E-state index contributed by atoms with van der Waals surface area (Å²) >= 11 is 1.48. The topological polar surface area (TPSA) is 92.0 Å². The van der Waals surface area contributed by atoms with Crippen LogP contribution in [0.4, 0.5) is 0 Å². The zero-order valence-corrected chi connectivity index (χ0v) is 18.1. The van der Waals surface area contributed by atoms with Crippen LogP contribution in [0.5, 0.6) is 17.2 Å². The molecule has 0 bridgehead atoms. The van der Waals surface area contributed by atoms with E-state index < -0.39 is 11.9 Å². The van der Waals surface area contributed by atoms with Crippen molar-refractivity contribution in [1.29, 1.82) is 0 Å². The fraction of sp³-hybridized carbons (Fsp3) is 0.125. The molecule has 0 aliphatic heterocycles. The van der Waals surface area contributed by atoms with Gasteiger partial charge in [0.15, 0.2) is 0 Å². The van der Waals surface area contributed by atoms with Gasteiger partial charge in [0.05, 0.1) is 24.5 Å². The molecule has 0 spiro atoms. The molecule has 32 heavy (non-hydrogen) atoms. The van der Waals surface area contributed by atoms with Gasteiger partial charge in [0, 0.05) is 10.9 Å². The van der Waals surface area contributed by atoms with Crippen LogP contribution in [0.2, 0.25) is 0 Å². The highest BCUT2D eigenvalue weighted by atomic mass is 32.1. The van der Waals surface area contributed by atoms with Gasteiger partial charge < -0.3 is 18.6 Å². The smallest absolute Gasteiger partial charge is 0.337 e. The average molecular weight is 450 g/mol. The van der Waals surface area contributed by atoms with E-state index in [0.717, 1.165) is 4.88 Å². The van der Waals surface area contributed by atoms with E-state index in [1.165, 1.54) is 48.8 Å². The third-order valence-corrected chi connectivity index (χ3v) is 5.49. The normalized spacial score (nSPS) is 10.7. The Morgan fingerprint density at radius 1 is 1.03 bits per heavy atom. The molecule has 0 fully saturated rings. The minimum atomic E-state index is -0.468. The molecule has 2 heterocycles. The highest BCUT2D eigenvalue weighted by Crippen LogP contribution is 2.28. The second-order valence-electron chi connectivity index (χ2n) is 6.82. The molecule has 4 aromatic rings. The van der Waals surface area contributed by atoms with E-state index in [-0.39, 0.29) is 40.1 Å². The summed E-state index contributed by atoms with van der Waals surface area (Å²) < 4.78 is 21.5. The van der Waals surface area contributed by atoms with Gasteiger partial charge in [0.25, 0.3) is 0 Å². The summed E-state index contributed by atoms with van der Waals surface area (Å²) in [4.78, 5) is 37.5. The Bertz CT molecular complexity index is 1340. The molecule has 0 aliphatic rings. The van der Waals surface area contributed by atoms with Gasteiger partial charge in [-0.3, -0.25) is 9.59 Å². The lowest BCUT2D eigenvalue weighted by molar-refractivity contribution is -0.133. The highest BCUT2D eigenvalue weighted by Gasteiger charge is 2.16. The number of fused-ring (bicyclic) bond motifs is 1. The first-order chi connectivity index (χ1) is 15.4. The zero-order valence-electron chi connectivity index (χ0n) is 17.2. The lowest BCUT2D eigenvalue weighted by Crippen LogP contribution is -2.11. The van der Waals surface area contributed by atoms with Crippen molar-refractivity contribution >= 4 is 34.2 Å². The maximum absolute atomic E-state index is 13.0. The molecule has 0 atom stereocenters. The van der Waals surface area contributed by atoms with Gasteiger partial charge in [-0.05, 0) is 54.8 Å². The van der Waals surface area contributed by atoms with Gasteiger partial charge in [-0.2, -0.15) is 0 Å². The van der Waals surface area contributed by atoms with Crippen LogP contribution in [-0.4, -0.2) is 19.0 Å². The Morgan fingerprint density at radius 3 is 2.47 bits per heavy atom. The van der Waals surface area contributed by atoms with Gasteiger partial charge in [-0.25, -0.2) is 4.79 Å². The summed E-state index contributed by atoms with van der Waals surface area (Å²) in [5, 5.41) is 2.18. The largest absolute Gasteiger partial charge is 0.465 e. The van der Waals surface area contributed by atoms with Gasteiger partial charge >= 0.3 is 11.9 Å². The second kappa shape index (κ2) is 9.07. The number of hydrogen-bond donors (Lipinski definition) is 0. The van der Waals surface area contributed by atoms with Crippen LogP contribution < -0.4 is 14.9 Å². The third-order valence-electron chi connectivity index (χ3n) is 4.61. The van der Waals surface area contributed by atoms with Gasteiger partial charge in [0.1, 0.15) is 22.8 Å². The molecule has 2 aromatic heterocycles. The van der Waals surface area contributed by atoms with E-state index in [1.807, 2.05) is 17.5 Å². The van der Waals surface area contributed by atoms with Gasteiger partial charge in [-0.15, -0.1) is 11.3 Å². The van der Waals surface area contributed by atoms with Crippen molar-refractivity contribution in [2.75, 3.05) is 7.11 Å². The monoisotopic (exact) mass is 450 g/mol. The zero-order chi connectivity index (χ0) is 22.7. The predicted molar refractivity (Wildman–Crippen MR) is 119 cm³/mol. The quantitative estimate of drug-likeness (QED) is 0.305. The number of esters is 2. The molecule has 8 heteroatoms. The van der Waals surface area contributed by atoms with Crippen LogP contribution in [0.3, 0.4) is 0 Å². The molecular formula is C24H18O7S. The SMILES string of the molecule is COC(=O)c1ccc(Oc2c(C)oc3cc(OC(=O)Cc4cccs4)ccc3c2=O)cc1. The van der Waals surface area contributed by atoms with Crippen LogP contribution >= 0.6 is 11.3 Å². The first-order valence-corrected chi connectivity index (χ1v) is 10.5. The molecule has 0 aliphatic carbocycles. The Morgan fingerprint density at radius 2 is 1.78 bits per heavy atom. The van der Waals surface area contributed by atoms with E-state index in [1.54, 1.807) is 19.1 Å². The Labute approximate surface area is 186 Å². The van der Waals surface area contributed by atoms with Crippen molar-refractivity contribution in [3.8, 4) is 17.2 Å². The van der Waals surface area contributed by atoms with E-state index in [9.17, 15) is 14.4 Å². The standard InChI is InChI=1S/C24H18O7S/c1-14-23(31-16-7-5-15(6-8-16)24(27)28-2)22(26)19-10-9-17(12-20(19)29-14)30-21(25)13-18-4-3-11-32-18/h3-12H,13H2,1-2H3. The van der Waals surface area contributed by atoms with Crippen molar-refractivity contribution in [3.05, 3.63) is 86.4 Å².